The number of amides is 1. The van der Waals surface area contributed by atoms with Gasteiger partial charge in [-0.05, 0) is 25.3 Å². The Bertz CT molecular complexity index is 413. The Balaban J connectivity index is 2.08. The number of nitrogens with one attached hydrogen (secondary N) is 2. The molecule has 2 N–H and O–H groups in total. The molecule has 5 heteroatoms. The molecule has 0 saturated carbocycles. The van der Waals surface area contributed by atoms with Crippen LogP contribution in [-0.4, -0.2) is 35.0 Å². The number of hydrogen-bond acceptors (Lipinski definition) is 4. The highest BCUT2D eigenvalue weighted by atomic mass is 16.1. The Labute approximate surface area is 107 Å². The van der Waals surface area contributed by atoms with Crippen LogP contribution < -0.4 is 10.6 Å². The van der Waals surface area contributed by atoms with Gasteiger partial charge in [-0.2, -0.15) is 0 Å². The van der Waals surface area contributed by atoms with E-state index in [2.05, 4.69) is 20.6 Å². The summed E-state index contributed by atoms with van der Waals surface area (Å²) < 4.78 is 0. The molecule has 1 aromatic rings. The van der Waals surface area contributed by atoms with E-state index in [1.165, 1.54) is 6.33 Å². The van der Waals surface area contributed by atoms with Crippen LogP contribution in [0.15, 0.2) is 12.5 Å². The van der Waals surface area contributed by atoms with Crippen molar-refractivity contribution >= 4 is 5.91 Å². The molecule has 0 spiro atoms. The zero-order valence-electron chi connectivity index (χ0n) is 10.9. The maximum absolute atomic E-state index is 12.2. The molecular weight excluding hydrogens is 228 g/mol. The molecule has 0 aliphatic carbocycles. The minimum Gasteiger partial charge on any atom is -0.348 e. The van der Waals surface area contributed by atoms with Gasteiger partial charge in [-0.25, -0.2) is 9.97 Å². The first-order valence-electron chi connectivity index (χ1n) is 6.50. The van der Waals surface area contributed by atoms with Gasteiger partial charge in [0.25, 0.3) is 5.91 Å². The molecule has 1 atom stereocenters. The van der Waals surface area contributed by atoms with Gasteiger partial charge in [0.05, 0.1) is 11.3 Å². The number of hydrogen-bond donors (Lipinski definition) is 2. The summed E-state index contributed by atoms with van der Waals surface area (Å²) in [5.74, 6) is 0.159. The van der Waals surface area contributed by atoms with E-state index in [9.17, 15) is 4.79 Å². The summed E-state index contributed by atoms with van der Waals surface area (Å²) in [6, 6.07) is 0.214. The van der Waals surface area contributed by atoms with Crippen LogP contribution in [0.4, 0.5) is 0 Å². The Morgan fingerprint density at radius 2 is 2.39 bits per heavy atom. The fourth-order valence-electron chi connectivity index (χ4n) is 2.21. The van der Waals surface area contributed by atoms with Crippen molar-refractivity contribution in [1.82, 2.24) is 20.6 Å². The molecule has 0 unspecified atom stereocenters. The van der Waals surface area contributed by atoms with E-state index >= 15 is 0 Å². The molecule has 0 bridgehead atoms. The zero-order chi connectivity index (χ0) is 13.0. The molecule has 1 saturated heterocycles. The van der Waals surface area contributed by atoms with Gasteiger partial charge in [0.1, 0.15) is 6.33 Å². The predicted molar refractivity (Wildman–Crippen MR) is 69.5 cm³/mol. The molecule has 5 nitrogen and oxygen atoms in total. The van der Waals surface area contributed by atoms with Crippen LogP contribution in [-0.2, 0) is 0 Å². The van der Waals surface area contributed by atoms with Gasteiger partial charge in [0.2, 0.25) is 0 Å². The average Bonchev–Trinajstić information content (AvgIpc) is 2.40. The number of piperidine rings is 1. The van der Waals surface area contributed by atoms with Crippen molar-refractivity contribution in [2.45, 2.75) is 38.6 Å². The third-order valence-electron chi connectivity index (χ3n) is 3.17. The summed E-state index contributed by atoms with van der Waals surface area (Å²) in [4.78, 5) is 20.4. The Kier molecular flexibility index (Phi) is 4.25. The zero-order valence-corrected chi connectivity index (χ0v) is 10.9. The molecule has 1 fully saturated rings. The molecule has 0 radical (unpaired) electrons. The fourth-order valence-corrected chi connectivity index (χ4v) is 2.21. The lowest BCUT2D eigenvalue weighted by Gasteiger charge is -2.24. The first-order valence-corrected chi connectivity index (χ1v) is 6.50. The van der Waals surface area contributed by atoms with Crippen LogP contribution >= 0.6 is 0 Å². The predicted octanol–water partition coefficient (Wildman–Crippen LogP) is 1.08. The minimum atomic E-state index is -0.0620. The van der Waals surface area contributed by atoms with E-state index in [0.717, 1.165) is 31.6 Å². The van der Waals surface area contributed by atoms with Gasteiger partial charge < -0.3 is 10.6 Å². The number of carbonyl (C=O) groups excluding carboxylic acids is 1. The quantitative estimate of drug-likeness (QED) is 0.840. The normalized spacial score (nSPS) is 19.8. The van der Waals surface area contributed by atoms with Gasteiger partial charge >= 0.3 is 0 Å². The van der Waals surface area contributed by atoms with Crippen molar-refractivity contribution < 1.29 is 4.79 Å². The maximum Gasteiger partial charge on any atom is 0.254 e. The first kappa shape index (κ1) is 13.0. The molecule has 2 heterocycles. The van der Waals surface area contributed by atoms with Crippen molar-refractivity contribution in [3.63, 3.8) is 0 Å². The van der Waals surface area contributed by atoms with Crippen LogP contribution in [0.25, 0.3) is 0 Å². The second-order valence-electron chi connectivity index (χ2n) is 4.99. The van der Waals surface area contributed by atoms with E-state index in [1.807, 2.05) is 13.8 Å². The lowest BCUT2D eigenvalue weighted by molar-refractivity contribution is 0.0928. The lowest BCUT2D eigenvalue weighted by atomic mass is 10.0. The maximum atomic E-state index is 12.2. The van der Waals surface area contributed by atoms with Crippen LogP contribution in [0.3, 0.4) is 0 Å². The second kappa shape index (κ2) is 5.91. The van der Waals surface area contributed by atoms with Gasteiger partial charge in [0, 0.05) is 18.8 Å². The molecule has 1 aliphatic heterocycles. The van der Waals surface area contributed by atoms with Crippen LogP contribution in [0.2, 0.25) is 0 Å². The van der Waals surface area contributed by atoms with E-state index in [0.29, 0.717) is 5.56 Å². The Morgan fingerprint density at radius 1 is 1.56 bits per heavy atom. The van der Waals surface area contributed by atoms with Crippen LogP contribution in [0, 0.1) is 0 Å². The van der Waals surface area contributed by atoms with Gasteiger partial charge in [-0.3, -0.25) is 4.79 Å². The molecule has 18 heavy (non-hydrogen) atoms. The first-order chi connectivity index (χ1) is 8.68. The molecule has 0 aromatic carbocycles. The molecule has 98 valence electrons. The number of rotatable bonds is 3. The van der Waals surface area contributed by atoms with Crippen molar-refractivity contribution in [3.8, 4) is 0 Å². The average molecular weight is 248 g/mol. The summed E-state index contributed by atoms with van der Waals surface area (Å²) in [5, 5.41) is 6.33. The van der Waals surface area contributed by atoms with Gasteiger partial charge in [-0.15, -0.1) is 0 Å². The summed E-state index contributed by atoms with van der Waals surface area (Å²) in [6.45, 7) is 5.94. The summed E-state index contributed by atoms with van der Waals surface area (Å²) >= 11 is 0. The number of carbonyl (C=O) groups is 1. The van der Waals surface area contributed by atoms with E-state index in [1.54, 1.807) is 6.20 Å². The van der Waals surface area contributed by atoms with Crippen molar-refractivity contribution in [2.75, 3.05) is 13.1 Å². The highest BCUT2D eigenvalue weighted by Crippen LogP contribution is 2.15. The fraction of sp³-hybridized carbons (Fsp3) is 0.615. The summed E-state index contributed by atoms with van der Waals surface area (Å²) in [7, 11) is 0. The van der Waals surface area contributed by atoms with Crippen molar-refractivity contribution in [3.05, 3.63) is 23.8 Å². The van der Waals surface area contributed by atoms with E-state index < -0.39 is 0 Å². The monoisotopic (exact) mass is 248 g/mol. The van der Waals surface area contributed by atoms with Crippen molar-refractivity contribution in [1.29, 1.82) is 0 Å². The molecule has 1 amide bonds. The van der Waals surface area contributed by atoms with Crippen molar-refractivity contribution in [2.24, 2.45) is 0 Å². The molecule has 1 aromatic heterocycles. The highest BCUT2D eigenvalue weighted by molar-refractivity contribution is 5.95. The summed E-state index contributed by atoms with van der Waals surface area (Å²) in [6.07, 6.45) is 5.24. The van der Waals surface area contributed by atoms with Gasteiger partial charge in [0.15, 0.2) is 0 Å². The SMILES string of the molecule is CC(C)c1ncncc1C(=O)N[C@H]1CCCNC1. The Hall–Kier alpha value is -1.49. The van der Waals surface area contributed by atoms with Crippen LogP contribution in [0.1, 0.15) is 48.7 Å². The standard InChI is InChI=1S/C13H20N4O/c1-9(2)12-11(7-15-8-16-12)13(18)17-10-4-3-5-14-6-10/h7-10,14H,3-6H2,1-2H3,(H,17,18)/t10-/m0/s1. The second-order valence-corrected chi connectivity index (χ2v) is 4.99. The number of nitrogens with zero attached hydrogens (tertiary/aromatic N) is 2. The minimum absolute atomic E-state index is 0.0620. The summed E-state index contributed by atoms with van der Waals surface area (Å²) in [5.41, 5.74) is 1.41. The molecular formula is C13H20N4O. The van der Waals surface area contributed by atoms with E-state index in [-0.39, 0.29) is 17.9 Å². The highest BCUT2D eigenvalue weighted by Gasteiger charge is 2.20. The van der Waals surface area contributed by atoms with Gasteiger partial charge in [-0.1, -0.05) is 13.8 Å². The third kappa shape index (κ3) is 3.04. The van der Waals surface area contributed by atoms with Crippen LogP contribution in [0.5, 0.6) is 0 Å². The lowest BCUT2D eigenvalue weighted by Crippen LogP contribution is -2.45. The Morgan fingerprint density at radius 3 is 3.06 bits per heavy atom. The van der Waals surface area contributed by atoms with E-state index in [4.69, 9.17) is 0 Å². The largest absolute Gasteiger partial charge is 0.348 e. The number of aromatic nitrogens is 2. The third-order valence-corrected chi connectivity index (χ3v) is 3.17. The smallest absolute Gasteiger partial charge is 0.254 e. The topological polar surface area (TPSA) is 66.9 Å². The molecule has 2 rings (SSSR count). The molecule has 1 aliphatic rings.